The molecule has 3 rings (SSSR count). The average molecular weight is 227 g/mol. The van der Waals surface area contributed by atoms with Crippen molar-refractivity contribution in [3.05, 3.63) is 42.1 Å². The number of aliphatic hydroxyl groups is 1. The van der Waals surface area contributed by atoms with E-state index >= 15 is 0 Å². The molecule has 1 aromatic carbocycles. The SMILES string of the molecule is C=C1CC(O)c2cc3ccc(OC)cc3nc21. The van der Waals surface area contributed by atoms with Crippen LogP contribution in [0.4, 0.5) is 0 Å². The van der Waals surface area contributed by atoms with Gasteiger partial charge in [0, 0.05) is 23.4 Å². The number of aromatic nitrogens is 1. The Morgan fingerprint density at radius 3 is 3.00 bits per heavy atom. The monoisotopic (exact) mass is 227 g/mol. The molecule has 1 aliphatic carbocycles. The summed E-state index contributed by atoms with van der Waals surface area (Å²) >= 11 is 0. The molecule has 0 bridgehead atoms. The summed E-state index contributed by atoms with van der Waals surface area (Å²) in [7, 11) is 1.64. The molecule has 1 N–H and O–H groups in total. The van der Waals surface area contributed by atoms with Gasteiger partial charge in [-0.2, -0.15) is 0 Å². The summed E-state index contributed by atoms with van der Waals surface area (Å²) in [5.41, 5.74) is 3.49. The number of hydrogen-bond acceptors (Lipinski definition) is 3. The number of fused-ring (bicyclic) bond motifs is 2. The quantitative estimate of drug-likeness (QED) is 0.814. The van der Waals surface area contributed by atoms with Gasteiger partial charge in [-0.25, -0.2) is 4.98 Å². The van der Waals surface area contributed by atoms with Gasteiger partial charge in [-0.1, -0.05) is 6.58 Å². The molecule has 0 saturated heterocycles. The zero-order valence-electron chi connectivity index (χ0n) is 9.60. The van der Waals surface area contributed by atoms with E-state index in [4.69, 9.17) is 4.74 Å². The molecule has 86 valence electrons. The highest BCUT2D eigenvalue weighted by Crippen LogP contribution is 2.39. The zero-order valence-corrected chi connectivity index (χ0v) is 9.60. The van der Waals surface area contributed by atoms with Gasteiger partial charge in [0.05, 0.1) is 24.4 Å². The molecule has 0 saturated carbocycles. The number of rotatable bonds is 1. The molecule has 0 aliphatic heterocycles. The highest BCUT2D eigenvalue weighted by molar-refractivity contribution is 5.85. The number of ether oxygens (including phenoxy) is 1. The van der Waals surface area contributed by atoms with Crippen molar-refractivity contribution in [2.24, 2.45) is 0 Å². The molecule has 0 fully saturated rings. The van der Waals surface area contributed by atoms with Crippen molar-refractivity contribution in [2.75, 3.05) is 7.11 Å². The Hall–Kier alpha value is -1.87. The van der Waals surface area contributed by atoms with E-state index < -0.39 is 6.10 Å². The van der Waals surface area contributed by atoms with Crippen molar-refractivity contribution in [2.45, 2.75) is 12.5 Å². The van der Waals surface area contributed by atoms with Crippen LogP contribution in [0.3, 0.4) is 0 Å². The smallest absolute Gasteiger partial charge is 0.121 e. The minimum atomic E-state index is -0.462. The van der Waals surface area contributed by atoms with Gasteiger partial charge in [0.15, 0.2) is 0 Å². The highest BCUT2D eigenvalue weighted by Gasteiger charge is 2.25. The third-order valence-corrected chi connectivity index (χ3v) is 3.19. The van der Waals surface area contributed by atoms with E-state index in [1.807, 2.05) is 24.3 Å². The Bertz CT molecular complexity index is 619. The van der Waals surface area contributed by atoms with E-state index in [2.05, 4.69) is 11.6 Å². The van der Waals surface area contributed by atoms with E-state index in [1.54, 1.807) is 7.11 Å². The lowest BCUT2D eigenvalue weighted by Crippen LogP contribution is -1.93. The second-order valence-electron chi connectivity index (χ2n) is 4.31. The van der Waals surface area contributed by atoms with Gasteiger partial charge in [0.1, 0.15) is 5.75 Å². The molecule has 3 nitrogen and oxygen atoms in total. The van der Waals surface area contributed by atoms with E-state index in [-0.39, 0.29) is 0 Å². The maximum atomic E-state index is 9.89. The minimum Gasteiger partial charge on any atom is -0.497 e. The maximum absolute atomic E-state index is 9.89. The number of hydrogen-bond donors (Lipinski definition) is 1. The first-order chi connectivity index (χ1) is 8.19. The number of nitrogens with zero attached hydrogens (tertiary/aromatic N) is 1. The normalized spacial score (nSPS) is 18.5. The Kier molecular flexibility index (Phi) is 2.16. The number of methoxy groups -OCH3 is 1. The Balaban J connectivity index is 2.27. The fourth-order valence-electron chi connectivity index (χ4n) is 2.27. The molecule has 1 atom stereocenters. The van der Waals surface area contributed by atoms with Crippen LogP contribution in [0.15, 0.2) is 30.8 Å². The first-order valence-corrected chi connectivity index (χ1v) is 5.54. The summed E-state index contributed by atoms with van der Waals surface area (Å²) in [6, 6.07) is 7.73. The van der Waals surface area contributed by atoms with Crippen LogP contribution in [0, 0.1) is 0 Å². The predicted octanol–water partition coefficient (Wildman–Crippen LogP) is 2.69. The van der Waals surface area contributed by atoms with Gasteiger partial charge >= 0.3 is 0 Å². The molecule has 0 spiro atoms. The topological polar surface area (TPSA) is 42.4 Å². The summed E-state index contributed by atoms with van der Waals surface area (Å²) in [5, 5.41) is 10.9. The molecule has 0 amide bonds. The number of pyridine rings is 1. The summed E-state index contributed by atoms with van der Waals surface area (Å²) in [5.74, 6) is 0.786. The second-order valence-corrected chi connectivity index (χ2v) is 4.31. The molecule has 17 heavy (non-hydrogen) atoms. The van der Waals surface area contributed by atoms with Gasteiger partial charge in [-0.05, 0) is 23.8 Å². The standard InChI is InChI=1S/C14H13NO2/c1-8-5-13(16)11-6-9-3-4-10(17-2)7-12(9)15-14(8)11/h3-4,6-7,13,16H,1,5H2,2H3. The van der Waals surface area contributed by atoms with Gasteiger partial charge in [-0.3, -0.25) is 0 Å². The molecule has 1 unspecified atom stereocenters. The van der Waals surface area contributed by atoms with Crippen LogP contribution in [0.25, 0.3) is 16.5 Å². The van der Waals surface area contributed by atoms with Crippen molar-refractivity contribution in [3.8, 4) is 5.75 Å². The first kappa shape index (κ1) is 10.3. The van der Waals surface area contributed by atoms with Crippen LogP contribution in [-0.4, -0.2) is 17.2 Å². The zero-order chi connectivity index (χ0) is 12.0. The fraction of sp³-hybridized carbons (Fsp3) is 0.214. The van der Waals surface area contributed by atoms with Gasteiger partial charge < -0.3 is 9.84 Å². The molecule has 3 heteroatoms. The van der Waals surface area contributed by atoms with E-state index in [0.717, 1.165) is 33.5 Å². The average Bonchev–Trinajstić information content (AvgIpc) is 2.62. The van der Waals surface area contributed by atoms with Crippen molar-refractivity contribution in [3.63, 3.8) is 0 Å². The van der Waals surface area contributed by atoms with Gasteiger partial charge in [0.2, 0.25) is 0 Å². The van der Waals surface area contributed by atoms with Crippen LogP contribution >= 0.6 is 0 Å². The van der Waals surface area contributed by atoms with Crippen LogP contribution in [0.5, 0.6) is 5.75 Å². The van der Waals surface area contributed by atoms with E-state index in [0.29, 0.717) is 6.42 Å². The third-order valence-electron chi connectivity index (χ3n) is 3.19. The molecule has 1 aromatic heterocycles. The Labute approximate surface area is 99.4 Å². The lowest BCUT2D eigenvalue weighted by molar-refractivity contribution is 0.190. The molecule has 2 aromatic rings. The molecular weight excluding hydrogens is 214 g/mol. The molecule has 1 heterocycles. The van der Waals surface area contributed by atoms with Crippen molar-refractivity contribution < 1.29 is 9.84 Å². The molecule has 0 radical (unpaired) electrons. The fourth-order valence-corrected chi connectivity index (χ4v) is 2.27. The summed E-state index contributed by atoms with van der Waals surface area (Å²) in [4.78, 5) is 4.56. The van der Waals surface area contributed by atoms with Crippen LogP contribution in [-0.2, 0) is 0 Å². The Morgan fingerprint density at radius 2 is 2.24 bits per heavy atom. The van der Waals surface area contributed by atoms with Crippen LogP contribution < -0.4 is 4.74 Å². The Morgan fingerprint density at radius 1 is 1.41 bits per heavy atom. The van der Waals surface area contributed by atoms with Crippen molar-refractivity contribution in [1.82, 2.24) is 4.98 Å². The lowest BCUT2D eigenvalue weighted by atomic mass is 10.1. The third kappa shape index (κ3) is 1.51. The number of benzene rings is 1. The highest BCUT2D eigenvalue weighted by atomic mass is 16.5. The molecular formula is C14H13NO2. The van der Waals surface area contributed by atoms with Crippen molar-refractivity contribution >= 4 is 16.5 Å². The summed E-state index contributed by atoms with van der Waals surface area (Å²) in [6.45, 7) is 3.94. The van der Waals surface area contributed by atoms with Gasteiger partial charge in [0.25, 0.3) is 0 Å². The van der Waals surface area contributed by atoms with Crippen LogP contribution in [0.2, 0.25) is 0 Å². The largest absolute Gasteiger partial charge is 0.497 e. The minimum absolute atomic E-state index is 0.462. The molecule has 1 aliphatic rings. The van der Waals surface area contributed by atoms with Gasteiger partial charge in [-0.15, -0.1) is 0 Å². The van der Waals surface area contributed by atoms with E-state index in [1.165, 1.54) is 0 Å². The van der Waals surface area contributed by atoms with E-state index in [9.17, 15) is 5.11 Å². The van der Waals surface area contributed by atoms with Crippen molar-refractivity contribution in [1.29, 1.82) is 0 Å². The predicted molar refractivity (Wildman–Crippen MR) is 66.9 cm³/mol. The lowest BCUT2D eigenvalue weighted by Gasteiger charge is -2.06. The second kappa shape index (κ2) is 3.57. The van der Waals surface area contributed by atoms with Crippen LogP contribution in [0.1, 0.15) is 23.8 Å². The maximum Gasteiger partial charge on any atom is 0.121 e. The number of aliphatic hydroxyl groups excluding tert-OH is 1. The first-order valence-electron chi connectivity index (χ1n) is 5.54. The summed E-state index contributed by atoms with van der Waals surface area (Å²) in [6.07, 6.45) is 0.118. The summed E-state index contributed by atoms with van der Waals surface area (Å²) < 4.78 is 5.18.